The summed E-state index contributed by atoms with van der Waals surface area (Å²) in [5.41, 5.74) is 6.07. The number of amides is 1. The largest absolute Gasteiger partial charge is 0.383 e. The number of nitrogens with zero attached hydrogens (tertiary/aromatic N) is 3. The van der Waals surface area contributed by atoms with Crippen molar-refractivity contribution >= 4 is 28.2 Å². The van der Waals surface area contributed by atoms with E-state index in [9.17, 15) is 9.18 Å². The number of aliphatic imine (C=N–C) groups is 1. The molecule has 1 amide bonds. The van der Waals surface area contributed by atoms with Crippen molar-refractivity contribution in [2.75, 3.05) is 11.4 Å². The fraction of sp³-hybridized carbons (Fsp3) is 0.389. The van der Waals surface area contributed by atoms with Crippen LogP contribution in [0, 0.1) is 11.2 Å². The SMILES string of the molecule is C[C@@H](C[C@]1(C)CCN(c2nccs2)C1=O)N=C(N)c1cccc(F)c1. The molecule has 25 heavy (non-hydrogen) atoms. The Labute approximate surface area is 150 Å². The maximum Gasteiger partial charge on any atom is 0.234 e. The summed E-state index contributed by atoms with van der Waals surface area (Å²) in [6, 6.07) is 5.91. The van der Waals surface area contributed by atoms with Gasteiger partial charge in [0.15, 0.2) is 5.13 Å². The highest BCUT2D eigenvalue weighted by Gasteiger charge is 2.44. The van der Waals surface area contributed by atoms with Gasteiger partial charge in [0, 0.05) is 23.7 Å². The Morgan fingerprint density at radius 2 is 2.36 bits per heavy atom. The zero-order valence-electron chi connectivity index (χ0n) is 14.3. The number of benzene rings is 1. The third-order valence-electron chi connectivity index (χ3n) is 4.52. The Kier molecular flexibility index (Phi) is 4.85. The Morgan fingerprint density at radius 3 is 3.04 bits per heavy atom. The van der Waals surface area contributed by atoms with E-state index in [1.165, 1.54) is 23.5 Å². The molecule has 1 fully saturated rings. The maximum atomic E-state index is 13.3. The summed E-state index contributed by atoms with van der Waals surface area (Å²) in [6.07, 6.45) is 3.05. The molecule has 2 aromatic rings. The summed E-state index contributed by atoms with van der Waals surface area (Å²) in [6.45, 7) is 4.56. The van der Waals surface area contributed by atoms with Gasteiger partial charge in [0.2, 0.25) is 5.91 Å². The Balaban J connectivity index is 1.71. The fourth-order valence-corrected chi connectivity index (χ4v) is 3.94. The first-order valence-electron chi connectivity index (χ1n) is 8.20. The monoisotopic (exact) mass is 360 g/mol. The second-order valence-electron chi connectivity index (χ2n) is 6.66. The van der Waals surface area contributed by atoms with E-state index in [1.54, 1.807) is 23.2 Å². The number of hydrogen-bond acceptors (Lipinski definition) is 4. The minimum absolute atomic E-state index is 0.0776. The summed E-state index contributed by atoms with van der Waals surface area (Å²) < 4.78 is 13.3. The van der Waals surface area contributed by atoms with Crippen LogP contribution >= 0.6 is 11.3 Å². The molecule has 132 valence electrons. The number of thiazole rings is 1. The van der Waals surface area contributed by atoms with Crippen LogP contribution in [-0.4, -0.2) is 29.3 Å². The van der Waals surface area contributed by atoms with Gasteiger partial charge in [-0.3, -0.25) is 14.7 Å². The third kappa shape index (κ3) is 3.71. The number of hydrogen-bond donors (Lipinski definition) is 1. The van der Waals surface area contributed by atoms with Crippen molar-refractivity contribution in [3.05, 3.63) is 47.2 Å². The van der Waals surface area contributed by atoms with Gasteiger partial charge in [-0.2, -0.15) is 0 Å². The van der Waals surface area contributed by atoms with Crippen molar-refractivity contribution in [1.82, 2.24) is 4.98 Å². The van der Waals surface area contributed by atoms with Gasteiger partial charge in [0.25, 0.3) is 0 Å². The Bertz CT molecular complexity index is 792. The predicted octanol–water partition coefficient (Wildman–Crippen LogP) is 3.21. The molecule has 1 aromatic heterocycles. The van der Waals surface area contributed by atoms with Crippen LogP contribution in [0.5, 0.6) is 0 Å². The van der Waals surface area contributed by atoms with Crippen LogP contribution in [-0.2, 0) is 4.79 Å². The van der Waals surface area contributed by atoms with E-state index in [0.29, 0.717) is 18.5 Å². The molecule has 0 saturated carbocycles. The van der Waals surface area contributed by atoms with Crippen molar-refractivity contribution < 1.29 is 9.18 Å². The number of nitrogens with two attached hydrogens (primary N) is 1. The van der Waals surface area contributed by atoms with E-state index in [0.717, 1.165) is 11.6 Å². The first-order valence-corrected chi connectivity index (χ1v) is 9.08. The van der Waals surface area contributed by atoms with E-state index >= 15 is 0 Å². The van der Waals surface area contributed by atoms with Crippen molar-refractivity contribution in [2.45, 2.75) is 32.7 Å². The topological polar surface area (TPSA) is 71.6 Å². The highest BCUT2D eigenvalue weighted by molar-refractivity contribution is 7.13. The number of rotatable bonds is 5. The minimum atomic E-state index is -0.489. The van der Waals surface area contributed by atoms with Gasteiger partial charge in [-0.1, -0.05) is 19.1 Å². The summed E-state index contributed by atoms with van der Waals surface area (Å²) in [5.74, 6) is 0.0203. The van der Waals surface area contributed by atoms with Crippen molar-refractivity contribution in [1.29, 1.82) is 0 Å². The third-order valence-corrected chi connectivity index (χ3v) is 5.32. The summed E-state index contributed by atoms with van der Waals surface area (Å²) >= 11 is 1.46. The molecule has 1 aliphatic rings. The Morgan fingerprint density at radius 1 is 1.56 bits per heavy atom. The summed E-state index contributed by atoms with van der Waals surface area (Å²) in [5, 5.41) is 2.61. The number of carbonyl (C=O) groups excluding carboxylic acids is 1. The summed E-state index contributed by atoms with van der Waals surface area (Å²) in [4.78, 5) is 23.3. The van der Waals surface area contributed by atoms with E-state index in [-0.39, 0.29) is 23.6 Å². The van der Waals surface area contributed by atoms with E-state index in [1.807, 2.05) is 19.2 Å². The van der Waals surface area contributed by atoms with Crippen molar-refractivity contribution in [3.63, 3.8) is 0 Å². The van der Waals surface area contributed by atoms with Crippen LogP contribution in [0.15, 0.2) is 40.8 Å². The lowest BCUT2D eigenvalue weighted by molar-refractivity contribution is -0.125. The van der Waals surface area contributed by atoms with Gasteiger partial charge in [0.1, 0.15) is 11.7 Å². The molecule has 0 unspecified atom stereocenters. The second-order valence-corrected chi connectivity index (χ2v) is 7.53. The lowest BCUT2D eigenvalue weighted by atomic mass is 9.82. The van der Waals surface area contributed by atoms with Gasteiger partial charge in [-0.15, -0.1) is 11.3 Å². The first kappa shape index (κ1) is 17.5. The molecule has 1 saturated heterocycles. The van der Waals surface area contributed by atoms with Crippen LogP contribution in [0.25, 0.3) is 0 Å². The molecule has 2 atom stereocenters. The van der Waals surface area contributed by atoms with Crippen LogP contribution in [0.4, 0.5) is 9.52 Å². The smallest absolute Gasteiger partial charge is 0.234 e. The molecule has 3 rings (SSSR count). The van der Waals surface area contributed by atoms with Crippen molar-refractivity contribution in [3.8, 4) is 0 Å². The highest BCUT2D eigenvalue weighted by atomic mass is 32.1. The molecule has 0 radical (unpaired) electrons. The average molecular weight is 360 g/mol. The zero-order chi connectivity index (χ0) is 18.0. The van der Waals surface area contributed by atoms with Gasteiger partial charge in [-0.25, -0.2) is 9.37 Å². The van der Waals surface area contributed by atoms with Crippen molar-refractivity contribution in [2.24, 2.45) is 16.1 Å². The molecular weight excluding hydrogens is 339 g/mol. The first-order chi connectivity index (χ1) is 11.9. The predicted molar refractivity (Wildman–Crippen MR) is 98.4 cm³/mol. The van der Waals surface area contributed by atoms with Crippen LogP contribution in [0.1, 0.15) is 32.3 Å². The van der Waals surface area contributed by atoms with E-state index in [2.05, 4.69) is 9.98 Å². The number of carbonyl (C=O) groups is 1. The molecule has 5 nitrogen and oxygen atoms in total. The molecule has 1 aliphatic heterocycles. The van der Waals surface area contributed by atoms with Gasteiger partial charge in [-0.05, 0) is 31.9 Å². The number of aromatic nitrogens is 1. The lowest BCUT2D eigenvalue weighted by Crippen LogP contribution is -2.34. The number of amidine groups is 1. The van der Waals surface area contributed by atoms with Crippen LogP contribution in [0.2, 0.25) is 0 Å². The Hall–Kier alpha value is -2.28. The van der Waals surface area contributed by atoms with Gasteiger partial charge >= 0.3 is 0 Å². The highest BCUT2D eigenvalue weighted by Crippen LogP contribution is 2.39. The van der Waals surface area contributed by atoms with E-state index < -0.39 is 5.41 Å². The quantitative estimate of drug-likeness (QED) is 0.657. The zero-order valence-corrected chi connectivity index (χ0v) is 15.1. The molecule has 2 heterocycles. The average Bonchev–Trinajstić information content (AvgIpc) is 3.17. The molecule has 0 bridgehead atoms. The van der Waals surface area contributed by atoms with Gasteiger partial charge < -0.3 is 5.73 Å². The molecule has 0 aliphatic carbocycles. The molecule has 2 N–H and O–H groups in total. The number of anilines is 1. The minimum Gasteiger partial charge on any atom is -0.383 e. The van der Waals surface area contributed by atoms with E-state index in [4.69, 9.17) is 5.73 Å². The molecular formula is C18H21FN4OS. The molecule has 0 spiro atoms. The van der Waals surface area contributed by atoms with Crippen LogP contribution < -0.4 is 10.6 Å². The molecule has 1 aromatic carbocycles. The molecule has 7 heteroatoms. The standard InChI is InChI=1S/C18H21FN4OS/c1-12(22-15(20)13-4-3-5-14(19)10-13)11-18(2)6-8-23(16(18)24)17-21-7-9-25-17/h3-5,7,9-10,12H,6,8,11H2,1-2H3,(H2,20,22)/t12-,18-/m0/s1. The fourth-order valence-electron chi connectivity index (χ4n) is 3.27. The van der Waals surface area contributed by atoms with Gasteiger partial charge in [0.05, 0.1) is 11.5 Å². The second kappa shape index (κ2) is 6.92. The summed E-state index contributed by atoms with van der Waals surface area (Å²) in [7, 11) is 0. The number of halogens is 1. The lowest BCUT2D eigenvalue weighted by Gasteiger charge is -2.24. The maximum absolute atomic E-state index is 13.3. The van der Waals surface area contributed by atoms with Crippen LogP contribution in [0.3, 0.4) is 0 Å². The normalized spacial score (nSPS) is 22.4.